The summed E-state index contributed by atoms with van der Waals surface area (Å²) in [6.45, 7) is 6.42. The van der Waals surface area contributed by atoms with E-state index in [-0.39, 0.29) is 12.2 Å². The van der Waals surface area contributed by atoms with E-state index < -0.39 is 31.3 Å². The molecule has 0 saturated carbocycles. The molecule has 8 nitrogen and oxygen atoms in total. The van der Waals surface area contributed by atoms with Gasteiger partial charge in [-0.05, 0) is 38.5 Å². The summed E-state index contributed by atoms with van der Waals surface area (Å²) >= 11 is 0. The highest BCUT2D eigenvalue weighted by Crippen LogP contribution is 2.51. The molecule has 0 heterocycles. The molecular weight excluding hydrogens is 349 g/mol. The van der Waals surface area contributed by atoms with Gasteiger partial charge >= 0.3 is 13.8 Å². The Labute approximate surface area is 147 Å². The van der Waals surface area contributed by atoms with Crippen molar-refractivity contribution in [2.24, 2.45) is 0 Å². The Morgan fingerprint density at radius 1 is 1.24 bits per heavy atom. The van der Waals surface area contributed by atoms with Crippen LogP contribution in [0.4, 0.5) is 0 Å². The average molecular weight is 373 g/mol. The second-order valence-electron chi connectivity index (χ2n) is 6.36. The number of carboxylic acids is 1. The van der Waals surface area contributed by atoms with Crippen molar-refractivity contribution in [1.29, 1.82) is 0 Å². The van der Waals surface area contributed by atoms with Gasteiger partial charge in [0.05, 0.1) is 5.60 Å². The van der Waals surface area contributed by atoms with Gasteiger partial charge < -0.3 is 14.9 Å². The minimum Gasteiger partial charge on any atom is -0.480 e. The molecule has 2 atom stereocenters. The molecule has 2 N–H and O–H groups in total. The van der Waals surface area contributed by atoms with E-state index in [0.717, 1.165) is 0 Å². The van der Waals surface area contributed by atoms with Gasteiger partial charge in [-0.1, -0.05) is 12.1 Å². The number of carbonyl (C=O) groups excluding carboxylic acids is 1. The van der Waals surface area contributed by atoms with Crippen molar-refractivity contribution in [2.75, 3.05) is 7.11 Å². The zero-order chi connectivity index (χ0) is 19.3. The van der Waals surface area contributed by atoms with Gasteiger partial charge in [0.1, 0.15) is 11.8 Å². The molecule has 0 aromatic heterocycles. The van der Waals surface area contributed by atoms with Crippen LogP contribution in [0, 0.1) is 0 Å². The maximum atomic E-state index is 12.4. The third-order valence-electron chi connectivity index (χ3n) is 2.87. The van der Waals surface area contributed by atoms with Gasteiger partial charge in [0.25, 0.3) is 0 Å². The van der Waals surface area contributed by atoms with Gasteiger partial charge in [-0.3, -0.25) is 13.8 Å². The summed E-state index contributed by atoms with van der Waals surface area (Å²) in [5, 5.41) is 11.5. The fraction of sp³-hybridized carbons (Fsp3) is 0.500. The summed E-state index contributed by atoms with van der Waals surface area (Å²) in [5.41, 5.74) is -0.0593. The minimum atomic E-state index is -3.77. The van der Waals surface area contributed by atoms with Crippen LogP contribution in [0.5, 0.6) is 5.75 Å². The second kappa shape index (κ2) is 8.47. The number of phosphoric ester groups is 1. The van der Waals surface area contributed by atoms with E-state index in [4.69, 9.17) is 18.7 Å². The largest absolute Gasteiger partial charge is 0.530 e. The number of amides is 1. The Morgan fingerprint density at radius 2 is 1.80 bits per heavy atom. The number of nitrogens with one attached hydrogen (secondary N) is 1. The number of phosphoric acid groups is 1. The van der Waals surface area contributed by atoms with E-state index in [1.807, 2.05) is 0 Å². The molecule has 1 aromatic carbocycles. The fourth-order valence-electron chi connectivity index (χ4n) is 1.93. The molecule has 9 heteroatoms. The van der Waals surface area contributed by atoms with Gasteiger partial charge in [0, 0.05) is 20.5 Å². The molecular formula is C16H24NO7P. The zero-order valence-electron chi connectivity index (χ0n) is 14.9. The van der Waals surface area contributed by atoms with Gasteiger partial charge in [0.2, 0.25) is 5.91 Å². The number of hydrogen-bond acceptors (Lipinski definition) is 6. The van der Waals surface area contributed by atoms with Crippen LogP contribution in [0.2, 0.25) is 0 Å². The molecule has 0 aliphatic heterocycles. The second-order valence-corrected chi connectivity index (χ2v) is 7.99. The van der Waals surface area contributed by atoms with Crippen LogP contribution in [0.3, 0.4) is 0 Å². The van der Waals surface area contributed by atoms with Gasteiger partial charge in [-0.15, -0.1) is 0 Å². The highest BCUT2D eigenvalue weighted by molar-refractivity contribution is 7.48. The maximum absolute atomic E-state index is 12.4. The third-order valence-corrected chi connectivity index (χ3v) is 4.52. The first-order chi connectivity index (χ1) is 11.4. The van der Waals surface area contributed by atoms with E-state index in [1.54, 1.807) is 32.9 Å². The number of aliphatic carboxylic acids is 1. The predicted molar refractivity (Wildman–Crippen MR) is 91.5 cm³/mol. The SMILES string of the molecule is COP(=O)(Oc1ccc(C[C@@H](NC(C)=O)C(=O)O)cc1)OC(C)(C)C. The van der Waals surface area contributed by atoms with Crippen LogP contribution >= 0.6 is 7.82 Å². The monoisotopic (exact) mass is 373 g/mol. The molecule has 0 radical (unpaired) electrons. The molecule has 140 valence electrons. The van der Waals surface area contributed by atoms with Crippen molar-refractivity contribution >= 4 is 19.7 Å². The first-order valence-corrected chi connectivity index (χ1v) is 9.05. The highest BCUT2D eigenvalue weighted by Gasteiger charge is 2.33. The van der Waals surface area contributed by atoms with Crippen LogP contribution in [-0.2, 0) is 29.6 Å². The Morgan fingerprint density at radius 3 is 2.20 bits per heavy atom. The standard InChI is InChI=1S/C16H24NO7P/c1-11(18)17-14(15(19)20)10-12-6-8-13(9-7-12)23-25(21,22-5)24-16(2,3)4/h6-9,14H,10H2,1-5H3,(H,17,18)(H,19,20)/t14-,25?/m1/s1. The normalized spacial score (nSPS) is 15.1. The number of rotatable bonds is 8. The van der Waals surface area contributed by atoms with Gasteiger partial charge in [-0.2, -0.15) is 0 Å². The van der Waals surface area contributed by atoms with E-state index in [0.29, 0.717) is 5.56 Å². The molecule has 0 aliphatic carbocycles. The molecule has 0 fully saturated rings. The topological polar surface area (TPSA) is 111 Å². The van der Waals surface area contributed by atoms with Crippen molar-refractivity contribution in [2.45, 2.75) is 45.8 Å². The zero-order valence-corrected chi connectivity index (χ0v) is 15.8. The lowest BCUT2D eigenvalue weighted by molar-refractivity contribution is -0.141. The first kappa shape index (κ1) is 21.2. The lowest BCUT2D eigenvalue weighted by Gasteiger charge is -2.25. The number of hydrogen-bond donors (Lipinski definition) is 2. The molecule has 0 bridgehead atoms. The van der Waals surface area contributed by atoms with E-state index >= 15 is 0 Å². The summed E-state index contributed by atoms with van der Waals surface area (Å²) in [6, 6.07) is 5.26. The summed E-state index contributed by atoms with van der Waals surface area (Å²) < 4.78 is 28.0. The molecule has 1 aromatic rings. The molecule has 1 amide bonds. The van der Waals surface area contributed by atoms with Crippen molar-refractivity contribution in [1.82, 2.24) is 5.32 Å². The Hall–Kier alpha value is -1.89. The molecule has 0 spiro atoms. The Kier molecular flexibility index (Phi) is 7.17. The summed E-state index contributed by atoms with van der Waals surface area (Å²) in [7, 11) is -2.54. The Bertz CT molecular complexity index is 651. The lowest BCUT2D eigenvalue weighted by Crippen LogP contribution is -2.41. The third kappa shape index (κ3) is 7.69. The molecule has 0 aliphatic rings. The van der Waals surface area contributed by atoms with E-state index in [9.17, 15) is 14.2 Å². The predicted octanol–water partition coefficient (Wildman–Crippen LogP) is 2.77. The maximum Gasteiger partial charge on any atom is 0.530 e. The summed E-state index contributed by atoms with van der Waals surface area (Å²) in [4.78, 5) is 22.2. The van der Waals surface area contributed by atoms with Crippen LogP contribution in [0.25, 0.3) is 0 Å². The van der Waals surface area contributed by atoms with Crippen LogP contribution in [-0.4, -0.2) is 35.7 Å². The van der Waals surface area contributed by atoms with E-state index in [1.165, 1.54) is 26.2 Å². The first-order valence-electron chi connectivity index (χ1n) is 7.59. The summed E-state index contributed by atoms with van der Waals surface area (Å²) in [6.07, 6.45) is 0.107. The van der Waals surface area contributed by atoms with Crippen LogP contribution in [0.15, 0.2) is 24.3 Å². The average Bonchev–Trinajstić information content (AvgIpc) is 2.46. The number of carbonyl (C=O) groups is 2. The highest BCUT2D eigenvalue weighted by atomic mass is 31.2. The fourth-order valence-corrected chi connectivity index (χ4v) is 3.16. The molecule has 1 rings (SSSR count). The van der Waals surface area contributed by atoms with Crippen molar-refractivity contribution in [3.8, 4) is 5.75 Å². The molecule has 0 saturated heterocycles. The van der Waals surface area contributed by atoms with E-state index in [2.05, 4.69) is 5.32 Å². The molecule has 25 heavy (non-hydrogen) atoms. The molecule has 1 unspecified atom stereocenters. The van der Waals surface area contributed by atoms with Gasteiger partial charge in [-0.25, -0.2) is 9.36 Å². The number of carboxylic acid groups (broad SMARTS) is 1. The quantitative estimate of drug-likeness (QED) is 0.674. The van der Waals surface area contributed by atoms with Crippen LogP contribution < -0.4 is 9.84 Å². The van der Waals surface area contributed by atoms with Crippen molar-refractivity contribution in [3.05, 3.63) is 29.8 Å². The lowest BCUT2D eigenvalue weighted by atomic mass is 10.1. The Balaban J connectivity index is 2.83. The smallest absolute Gasteiger partial charge is 0.480 e. The van der Waals surface area contributed by atoms with Crippen molar-refractivity contribution < 1.29 is 32.8 Å². The van der Waals surface area contributed by atoms with Crippen molar-refractivity contribution in [3.63, 3.8) is 0 Å². The van der Waals surface area contributed by atoms with Gasteiger partial charge in [0.15, 0.2) is 0 Å². The summed E-state index contributed by atoms with van der Waals surface area (Å²) in [5.74, 6) is -1.30. The number of benzene rings is 1. The minimum absolute atomic E-state index is 0.107. The van der Waals surface area contributed by atoms with Crippen LogP contribution in [0.1, 0.15) is 33.3 Å².